The second-order valence-electron chi connectivity index (χ2n) is 7.86. The van der Waals surface area contributed by atoms with Crippen LogP contribution in [0.1, 0.15) is 66.7 Å². The molecule has 0 aromatic rings. The molecule has 0 rings (SSSR count). The number of amides is 3. The van der Waals surface area contributed by atoms with Crippen LogP contribution in [0.5, 0.6) is 0 Å². The summed E-state index contributed by atoms with van der Waals surface area (Å²) in [4.78, 5) is 36.5. The molecular formula is C18H36N4O4. The fraction of sp³-hybridized carbons (Fsp3) is 0.833. The van der Waals surface area contributed by atoms with Gasteiger partial charge in [0.25, 0.3) is 5.91 Å². The van der Waals surface area contributed by atoms with Gasteiger partial charge in [-0.2, -0.15) is 0 Å². The van der Waals surface area contributed by atoms with Crippen molar-refractivity contribution >= 4 is 17.9 Å². The van der Waals surface area contributed by atoms with Crippen molar-refractivity contribution in [2.45, 2.75) is 78.4 Å². The number of unbranched alkanes of at least 4 members (excludes halogenated alkanes) is 2. The molecule has 8 heteroatoms. The molecule has 0 saturated carbocycles. The maximum absolute atomic E-state index is 12.6. The van der Waals surface area contributed by atoms with Crippen molar-refractivity contribution in [1.82, 2.24) is 15.8 Å². The Morgan fingerprint density at radius 1 is 1.12 bits per heavy atom. The number of likely N-dealkylation sites (N-methyl/N-ethyl adjacent to an activating group) is 1. The average Bonchev–Trinajstić information content (AvgIpc) is 2.47. The molecule has 0 aromatic heterocycles. The average molecular weight is 373 g/mol. The molecule has 0 fully saturated rings. The third-order valence-electron chi connectivity index (χ3n) is 3.43. The van der Waals surface area contributed by atoms with Gasteiger partial charge in [0, 0.05) is 13.5 Å². The number of rotatable bonds is 9. The highest BCUT2D eigenvalue weighted by Gasteiger charge is 2.28. The summed E-state index contributed by atoms with van der Waals surface area (Å²) in [5.74, 6) is -0.447. The van der Waals surface area contributed by atoms with E-state index in [4.69, 9.17) is 10.5 Å². The van der Waals surface area contributed by atoms with Crippen LogP contribution < -0.4 is 16.5 Å². The highest BCUT2D eigenvalue weighted by Crippen LogP contribution is 2.10. The van der Waals surface area contributed by atoms with Gasteiger partial charge in [-0.05, 0) is 52.5 Å². The van der Waals surface area contributed by atoms with Crippen molar-refractivity contribution in [2.24, 2.45) is 11.7 Å². The highest BCUT2D eigenvalue weighted by atomic mass is 16.6. The predicted octanol–water partition coefficient (Wildman–Crippen LogP) is 1.93. The van der Waals surface area contributed by atoms with Crippen molar-refractivity contribution in [3.8, 4) is 0 Å². The maximum Gasteiger partial charge on any atom is 0.408 e. The topological polar surface area (TPSA) is 114 Å². The molecule has 26 heavy (non-hydrogen) atoms. The summed E-state index contributed by atoms with van der Waals surface area (Å²) in [7, 11) is 1.48. The lowest BCUT2D eigenvalue weighted by Crippen LogP contribution is -2.54. The number of carbonyl (C=O) groups excluding carboxylic acids is 3. The maximum atomic E-state index is 12.6. The van der Waals surface area contributed by atoms with Crippen LogP contribution in [0.2, 0.25) is 0 Å². The first-order valence-corrected chi connectivity index (χ1v) is 9.23. The summed E-state index contributed by atoms with van der Waals surface area (Å²) in [6.07, 6.45) is 2.58. The van der Waals surface area contributed by atoms with Gasteiger partial charge >= 0.3 is 6.09 Å². The van der Waals surface area contributed by atoms with Crippen LogP contribution in [-0.2, 0) is 14.3 Å². The second kappa shape index (κ2) is 11.7. The Hall–Kier alpha value is -1.83. The van der Waals surface area contributed by atoms with Crippen molar-refractivity contribution in [3.63, 3.8) is 0 Å². The van der Waals surface area contributed by atoms with Crippen molar-refractivity contribution in [2.75, 3.05) is 13.6 Å². The van der Waals surface area contributed by atoms with Crippen LogP contribution in [0.4, 0.5) is 4.79 Å². The molecule has 3 amide bonds. The summed E-state index contributed by atoms with van der Waals surface area (Å²) in [5.41, 5.74) is 7.32. The first-order valence-electron chi connectivity index (χ1n) is 9.23. The summed E-state index contributed by atoms with van der Waals surface area (Å²) in [6.45, 7) is 9.77. The van der Waals surface area contributed by atoms with E-state index in [0.29, 0.717) is 19.4 Å². The number of hydrogen-bond donors (Lipinski definition) is 3. The third kappa shape index (κ3) is 11.7. The number of nitrogens with two attached hydrogens (primary N) is 1. The van der Waals surface area contributed by atoms with E-state index in [2.05, 4.69) is 10.7 Å². The van der Waals surface area contributed by atoms with Crippen molar-refractivity contribution in [1.29, 1.82) is 0 Å². The number of hydrazine groups is 1. The first-order chi connectivity index (χ1) is 12.0. The van der Waals surface area contributed by atoms with Crippen LogP contribution >= 0.6 is 0 Å². The van der Waals surface area contributed by atoms with Crippen molar-refractivity contribution in [3.05, 3.63) is 0 Å². The molecule has 0 radical (unpaired) electrons. The SMILES string of the molecule is CC(C)CC(NC(=O)OC(C)(C)C)C(=O)N(C)NC(=O)CCCCCN. The number of ether oxygens (including phenoxy) is 1. The summed E-state index contributed by atoms with van der Waals surface area (Å²) in [6, 6.07) is -0.771. The highest BCUT2D eigenvalue weighted by molar-refractivity contribution is 5.87. The molecule has 0 spiro atoms. The quantitative estimate of drug-likeness (QED) is 0.423. The summed E-state index contributed by atoms with van der Waals surface area (Å²) < 4.78 is 5.22. The van der Waals surface area contributed by atoms with E-state index in [1.165, 1.54) is 7.05 Å². The molecule has 0 aromatic carbocycles. The molecule has 152 valence electrons. The van der Waals surface area contributed by atoms with Gasteiger partial charge in [0.05, 0.1) is 0 Å². The minimum absolute atomic E-state index is 0.180. The van der Waals surface area contributed by atoms with Gasteiger partial charge < -0.3 is 15.8 Å². The predicted molar refractivity (Wildman–Crippen MR) is 101 cm³/mol. The van der Waals surface area contributed by atoms with Gasteiger partial charge in [0.2, 0.25) is 5.91 Å². The standard InChI is InChI=1S/C18H36N4O4/c1-13(2)12-14(20-17(25)26-18(3,4)5)16(24)22(6)21-15(23)10-8-7-9-11-19/h13-14H,7-12,19H2,1-6H3,(H,20,25)(H,21,23). The molecule has 0 heterocycles. The van der Waals surface area contributed by atoms with Crippen LogP contribution in [0.25, 0.3) is 0 Å². The Bertz CT molecular complexity index is 461. The Morgan fingerprint density at radius 3 is 2.23 bits per heavy atom. The van der Waals surface area contributed by atoms with Gasteiger partial charge in [0.1, 0.15) is 11.6 Å². The van der Waals surface area contributed by atoms with E-state index in [1.807, 2.05) is 13.8 Å². The lowest BCUT2D eigenvalue weighted by Gasteiger charge is -2.27. The molecule has 1 atom stereocenters. The van der Waals surface area contributed by atoms with Gasteiger partial charge in [-0.15, -0.1) is 0 Å². The minimum Gasteiger partial charge on any atom is -0.444 e. The smallest absolute Gasteiger partial charge is 0.408 e. The van der Waals surface area contributed by atoms with Crippen LogP contribution in [-0.4, -0.2) is 48.2 Å². The largest absolute Gasteiger partial charge is 0.444 e. The lowest BCUT2D eigenvalue weighted by atomic mass is 10.0. The number of nitrogens with one attached hydrogen (secondary N) is 2. The monoisotopic (exact) mass is 372 g/mol. The zero-order valence-corrected chi connectivity index (χ0v) is 17.1. The molecule has 0 aliphatic carbocycles. The second-order valence-corrected chi connectivity index (χ2v) is 7.86. The fourth-order valence-electron chi connectivity index (χ4n) is 2.28. The van der Waals surface area contributed by atoms with E-state index in [0.717, 1.165) is 24.3 Å². The van der Waals surface area contributed by atoms with Crippen molar-refractivity contribution < 1.29 is 19.1 Å². The molecule has 1 unspecified atom stereocenters. The van der Waals surface area contributed by atoms with E-state index >= 15 is 0 Å². The summed E-state index contributed by atoms with van der Waals surface area (Å²) in [5, 5.41) is 3.74. The Kier molecular flexibility index (Phi) is 10.9. The molecule has 0 bridgehead atoms. The number of hydrogen-bond acceptors (Lipinski definition) is 5. The van der Waals surface area contributed by atoms with Gasteiger partial charge in [-0.25, -0.2) is 4.79 Å². The first kappa shape index (κ1) is 24.2. The zero-order chi connectivity index (χ0) is 20.3. The van der Waals surface area contributed by atoms with E-state index in [9.17, 15) is 14.4 Å². The summed E-state index contributed by atoms with van der Waals surface area (Å²) >= 11 is 0. The molecule has 0 aliphatic rings. The Balaban J connectivity index is 4.69. The third-order valence-corrected chi connectivity index (χ3v) is 3.43. The number of carbonyl (C=O) groups is 3. The van der Waals surface area contributed by atoms with E-state index in [1.54, 1.807) is 20.8 Å². The Morgan fingerprint density at radius 2 is 1.73 bits per heavy atom. The van der Waals surface area contributed by atoms with Gasteiger partial charge in [-0.3, -0.25) is 20.0 Å². The van der Waals surface area contributed by atoms with Crippen LogP contribution in [0.15, 0.2) is 0 Å². The molecule has 8 nitrogen and oxygen atoms in total. The Labute approximate surface area is 157 Å². The molecule has 4 N–H and O–H groups in total. The van der Waals surface area contributed by atoms with Gasteiger partial charge in [-0.1, -0.05) is 20.3 Å². The molecule has 0 aliphatic heterocycles. The number of nitrogens with zero attached hydrogens (tertiary/aromatic N) is 1. The molecule has 0 saturated heterocycles. The lowest BCUT2D eigenvalue weighted by molar-refractivity contribution is -0.141. The molecular weight excluding hydrogens is 336 g/mol. The van der Waals surface area contributed by atoms with Gasteiger partial charge in [0.15, 0.2) is 0 Å². The zero-order valence-electron chi connectivity index (χ0n) is 17.1. The van der Waals surface area contributed by atoms with E-state index in [-0.39, 0.29) is 17.7 Å². The number of alkyl carbamates (subject to hydrolysis) is 1. The minimum atomic E-state index is -0.771. The normalized spacial score (nSPS) is 12.5. The van der Waals surface area contributed by atoms with Crippen LogP contribution in [0.3, 0.4) is 0 Å². The van der Waals surface area contributed by atoms with E-state index < -0.39 is 17.7 Å². The van der Waals surface area contributed by atoms with Crippen LogP contribution in [0, 0.1) is 5.92 Å². The fourth-order valence-corrected chi connectivity index (χ4v) is 2.28.